The molecule has 0 unspecified atom stereocenters. The summed E-state index contributed by atoms with van der Waals surface area (Å²) in [7, 11) is 0. The Morgan fingerprint density at radius 1 is 1.03 bits per heavy atom. The molecule has 5 heteroatoms. The third-order valence-corrected chi connectivity index (χ3v) is 4.63. The zero-order chi connectivity index (χ0) is 30.7. The van der Waals surface area contributed by atoms with Gasteiger partial charge in [0.1, 0.15) is 25.3 Å². The highest BCUT2D eigenvalue weighted by molar-refractivity contribution is 6.07. The van der Waals surface area contributed by atoms with Crippen molar-refractivity contribution in [2.75, 3.05) is 32.8 Å². The van der Waals surface area contributed by atoms with Gasteiger partial charge in [-0.1, -0.05) is 18.2 Å². The first-order chi connectivity index (χ1) is 18.7. The van der Waals surface area contributed by atoms with Crippen LogP contribution in [0.1, 0.15) is 26.8 Å². The van der Waals surface area contributed by atoms with E-state index >= 15 is 0 Å². The third-order valence-electron chi connectivity index (χ3n) is 4.63. The molecule has 0 amide bonds. The number of anilines is 1. The average molecular weight is 400 g/mol. The molecule has 1 N–H and O–H groups in total. The number of hydrogen-bond donors (Lipinski definition) is 1. The fourth-order valence-electron chi connectivity index (χ4n) is 3.32. The zero-order valence-corrected chi connectivity index (χ0v) is 14.9. The predicted octanol–water partition coefficient (Wildman–Crippen LogP) is 4.00. The lowest BCUT2D eigenvalue weighted by Crippen LogP contribution is -2.21. The molecule has 0 aromatic heterocycles. The second-order valence-corrected chi connectivity index (χ2v) is 6.36. The second kappa shape index (κ2) is 7.09. The van der Waals surface area contributed by atoms with Gasteiger partial charge in [0.2, 0.25) is 5.36 Å². The largest absolute Gasteiger partial charge is 0.478 e. The van der Waals surface area contributed by atoms with Crippen molar-refractivity contribution in [1.29, 1.82) is 0 Å². The van der Waals surface area contributed by atoms with Crippen molar-refractivity contribution < 1.29 is 30.8 Å². The molecule has 2 aromatic carbocycles. The summed E-state index contributed by atoms with van der Waals surface area (Å²) in [5.41, 5.74) is 0.435. The number of nitrogens with zero attached hydrogens (tertiary/aromatic N) is 2. The number of hydrogen-bond acceptors (Lipinski definition) is 3. The lowest BCUT2D eigenvalue weighted by molar-refractivity contribution is 0.0697. The number of fused-ring (bicyclic) bond motifs is 2. The van der Waals surface area contributed by atoms with Crippen LogP contribution in [-0.4, -0.2) is 39.0 Å². The van der Waals surface area contributed by atoms with Crippen LogP contribution >= 0.6 is 0 Å². The van der Waals surface area contributed by atoms with Crippen molar-refractivity contribution >= 4 is 22.6 Å². The van der Waals surface area contributed by atoms with Crippen LogP contribution in [0.2, 0.25) is 0 Å². The van der Waals surface area contributed by atoms with Crippen LogP contribution in [-0.2, 0) is 0 Å². The summed E-state index contributed by atoms with van der Waals surface area (Å²) < 4.78 is 99.3. The smallest absolute Gasteiger partial charge is 0.336 e. The minimum Gasteiger partial charge on any atom is -0.478 e. The van der Waals surface area contributed by atoms with Gasteiger partial charge in [-0.3, -0.25) is 0 Å². The standard InChI is InChI=1S/C24H22N2O3/c1-25(2)15-9-11-19-21(13-15)29-22-14-16(26(3)4)10-12-20(22)23(19)17-7-5-6-8-18(17)24(27)28/h5-14H,1-4H3/p+1/i1D3,2D3,3D3,4D3. The molecule has 2 aliphatic rings. The summed E-state index contributed by atoms with van der Waals surface area (Å²) in [5.74, 6) is -1.31. The lowest BCUT2D eigenvalue weighted by Gasteiger charge is -2.18. The van der Waals surface area contributed by atoms with Gasteiger partial charge in [0.25, 0.3) is 0 Å². The number of aromatic carboxylic acids is 1. The van der Waals surface area contributed by atoms with Gasteiger partial charge in [0, 0.05) is 56.5 Å². The van der Waals surface area contributed by atoms with Gasteiger partial charge >= 0.3 is 5.97 Å². The summed E-state index contributed by atoms with van der Waals surface area (Å²) >= 11 is 0. The molecule has 0 saturated heterocycles. The number of carboxylic acids is 1. The topological polar surface area (TPSA) is 56.7 Å². The maximum atomic E-state index is 12.1. The zero-order valence-electron chi connectivity index (χ0n) is 26.9. The van der Waals surface area contributed by atoms with Crippen LogP contribution in [0.15, 0.2) is 65.1 Å². The molecule has 0 fully saturated rings. The van der Waals surface area contributed by atoms with Gasteiger partial charge in [0.05, 0.1) is 19.9 Å². The van der Waals surface area contributed by atoms with Crippen LogP contribution in [0.25, 0.3) is 33.4 Å². The van der Waals surface area contributed by atoms with E-state index in [-0.39, 0.29) is 43.0 Å². The summed E-state index contributed by atoms with van der Waals surface area (Å²) in [6, 6.07) is 13.7. The van der Waals surface area contributed by atoms with Crippen LogP contribution < -0.4 is 14.8 Å². The van der Waals surface area contributed by atoms with Gasteiger partial charge in [-0.2, -0.15) is 0 Å². The van der Waals surface area contributed by atoms with E-state index in [1.807, 2.05) is 0 Å². The highest BCUT2D eigenvalue weighted by Gasteiger charge is 2.21. The van der Waals surface area contributed by atoms with Crippen LogP contribution in [0, 0.1) is 0 Å². The fraction of sp³-hybridized carbons (Fsp3) is 0.167. The Morgan fingerprint density at radius 3 is 2.62 bits per heavy atom. The minimum atomic E-state index is -3.07. The molecule has 0 bridgehead atoms. The molecule has 1 aliphatic heterocycles. The summed E-state index contributed by atoms with van der Waals surface area (Å²) in [6.07, 6.45) is 0. The molecular weight excluding hydrogens is 364 g/mol. The van der Waals surface area contributed by atoms with Crippen molar-refractivity contribution in [2.24, 2.45) is 0 Å². The molecule has 29 heavy (non-hydrogen) atoms. The first-order valence-electron chi connectivity index (χ1n) is 14.5. The molecule has 0 spiro atoms. The Hall–Kier alpha value is -3.60. The normalized spacial score (nSPS) is 18.9. The minimum absolute atomic E-state index is 0.0600. The molecule has 5 nitrogen and oxygen atoms in total. The van der Waals surface area contributed by atoms with Crippen molar-refractivity contribution in [2.45, 2.75) is 0 Å². The Morgan fingerprint density at radius 2 is 1.86 bits per heavy atom. The number of benzene rings is 3. The van der Waals surface area contributed by atoms with Crippen molar-refractivity contribution in [3.8, 4) is 22.5 Å². The van der Waals surface area contributed by atoms with E-state index in [1.54, 1.807) is 6.07 Å². The fourth-order valence-corrected chi connectivity index (χ4v) is 3.32. The van der Waals surface area contributed by atoms with Gasteiger partial charge in [-0.05, 0) is 29.8 Å². The molecule has 1 aliphatic carbocycles. The van der Waals surface area contributed by atoms with E-state index in [1.165, 1.54) is 54.6 Å². The summed E-state index contributed by atoms with van der Waals surface area (Å²) in [6.45, 7) is -12.3. The maximum absolute atomic E-state index is 12.1. The van der Waals surface area contributed by atoms with E-state index in [2.05, 4.69) is 0 Å². The molecule has 146 valence electrons. The molecule has 4 rings (SSSR count). The molecular formula is C24H23N2O3+. The average Bonchev–Trinajstić information content (AvgIpc) is 2.78. The molecule has 1 heterocycles. The highest BCUT2D eigenvalue weighted by atomic mass is 16.4. The van der Waals surface area contributed by atoms with Crippen molar-refractivity contribution in [1.82, 2.24) is 4.58 Å². The first kappa shape index (κ1) is 9.27. The third kappa shape index (κ3) is 3.25. The number of carbonyl (C=O) groups is 1. The Kier molecular flexibility index (Phi) is 2.27. The van der Waals surface area contributed by atoms with Crippen LogP contribution in [0.4, 0.5) is 5.69 Å². The van der Waals surface area contributed by atoms with Gasteiger partial charge in [-0.25, -0.2) is 9.37 Å². The SMILES string of the molecule is [2H]C([2H])([2H])N(c1ccc2c(-c3ccccc3C(=O)O)c3ccc(=[N+](C([2H])([2H])[2H])C([2H])([2H])[2H])cc-3oc2c1)C([2H])([2H])[2H]. The Labute approximate surface area is 186 Å². The van der Waals surface area contributed by atoms with E-state index in [9.17, 15) is 9.90 Å². The quantitative estimate of drug-likeness (QED) is 0.418. The van der Waals surface area contributed by atoms with Crippen LogP contribution in [0.5, 0.6) is 0 Å². The summed E-state index contributed by atoms with van der Waals surface area (Å²) in [4.78, 5) is 12.4. The highest BCUT2D eigenvalue weighted by Crippen LogP contribution is 2.41. The van der Waals surface area contributed by atoms with E-state index in [0.717, 1.165) is 0 Å². The summed E-state index contributed by atoms with van der Waals surface area (Å²) in [5, 5.41) is 9.92. The van der Waals surface area contributed by atoms with Crippen molar-refractivity contribution in [3.63, 3.8) is 0 Å². The number of rotatable bonds is 3. The lowest BCUT2D eigenvalue weighted by atomic mass is 9.90. The second-order valence-electron chi connectivity index (χ2n) is 6.36. The monoisotopic (exact) mass is 399 g/mol. The van der Waals surface area contributed by atoms with E-state index < -0.39 is 33.9 Å². The van der Waals surface area contributed by atoms with Gasteiger partial charge in [-0.15, -0.1) is 0 Å². The van der Waals surface area contributed by atoms with E-state index in [0.29, 0.717) is 16.5 Å². The number of carboxylic acid groups (broad SMARTS) is 1. The molecule has 0 saturated carbocycles. The molecule has 0 radical (unpaired) electrons. The van der Waals surface area contributed by atoms with Gasteiger partial charge < -0.3 is 14.4 Å². The van der Waals surface area contributed by atoms with Crippen LogP contribution in [0.3, 0.4) is 0 Å². The first-order valence-corrected chi connectivity index (χ1v) is 8.48. The Balaban J connectivity index is 2.20. The van der Waals surface area contributed by atoms with Gasteiger partial charge in [0.15, 0.2) is 0 Å². The maximum Gasteiger partial charge on any atom is 0.336 e. The molecule has 0 atom stereocenters. The molecule has 2 aromatic rings. The van der Waals surface area contributed by atoms with E-state index in [4.69, 9.17) is 20.9 Å². The predicted molar refractivity (Wildman–Crippen MR) is 117 cm³/mol. The Bertz CT molecular complexity index is 1650. The van der Waals surface area contributed by atoms with Crippen molar-refractivity contribution in [3.05, 3.63) is 71.6 Å².